The molecule has 1 aliphatic rings. The largest absolute Gasteiger partial charge is 0.296 e. The molecule has 1 rings (SSSR count). The van der Waals surface area contributed by atoms with E-state index in [0.29, 0.717) is 6.42 Å². The Kier molecular flexibility index (Phi) is 4.30. The van der Waals surface area contributed by atoms with E-state index in [2.05, 4.69) is 19.2 Å². The molecule has 1 heterocycles. The molecule has 86 valence electrons. The minimum Gasteiger partial charge on any atom is -0.296 e. The van der Waals surface area contributed by atoms with Gasteiger partial charge in [0.15, 0.2) is 0 Å². The van der Waals surface area contributed by atoms with Crippen LogP contribution in [0, 0.1) is 5.41 Å². The molecule has 0 aromatic heterocycles. The molecule has 1 saturated heterocycles. The summed E-state index contributed by atoms with van der Waals surface area (Å²) in [5, 5.41) is 2.45. The zero-order valence-electron chi connectivity index (χ0n) is 9.77. The third-order valence-corrected chi connectivity index (χ3v) is 3.25. The molecule has 3 heteroatoms. The Balaban J connectivity index is 2.67. The first-order chi connectivity index (χ1) is 7.14. The number of unbranched alkanes of at least 4 members (excludes halogenated alkanes) is 2. The summed E-state index contributed by atoms with van der Waals surface area (Å²) in [7, 11) is 0. The van der Waals surface area contributed by atoms with E-state index in [9.17, 15) is 9.59 Å². The number of rotatable bonds is 6. The van der Waals surface area contributed by atoms with Crippen LogP contribution in [-0.2, 0) is 9.59 Å². The second-order valence-electron chi connectivity index (χ2n) is 4.54. The standard InChI is InChI=1S/C12H21NO2/c1-3-5-7-12(8-6-4-2)9-10(14)13-11(12)15/h3-9H2,1-2H3,(H,13,14,15). The molecule has 0 spiro atoms. The van der Waals surface area contributed by atoms with Crippen LogP contribution in [0.25, 0.3) is 0 Å². The summed E-state index contributed by atoms with van der Waals surface area (Å²) in [6.45, 7) is 4.23. The molecule has 1 N–H and O–H groups in total. The highest BCUT2D eigenvalue weighted by molar-refractivity contribution is 6.05. The number of nitrogens with one attached hydrogen (secondary N) is 1. The van der Waals surface area contributed by atoms with Crippen LogP contribution in [0.4, 0.5) is 0 Å². The van der Waals surface area contributed by atoms with Crippen molar-refractivity contribution in [3.63, 3.8) is 0 Å². The van der Waals surface area contributed by atoms with Crippen LogP contribution in [0.15, 0.2) is 0 Å². The van der Waals surface area contributed by atoms with Gasteiger partial charge in [0.2, 0.25) is 11.8 Å². The summed E-state index contributed by atoms with van der Waals surface area (Å²) >= 11 is 0. The van der Waals surface area contributed by atoms with Crippen molar-refractivity contribution < 1.29 is 9.59 Å². The van der Waals surface area contributed by atoms with Crippen molar-refractivity contribution in [2.45, 2.75) is 58.8 Å². The van der Waals surface area contributed by atoms with Crippen LogP contribution in [-0.4, -0.2) is 11.8 Å². The van der Waals surface area contributed by atoms with Crippen LogP contribution in [0.1, 0.15) is 58.8 Å². The number of imide groups is 1. The van der Waals surface area contributed by atoms with Gasteiger partial charge in [0.25, 0.3) is 0 Å². The van der Waals surface area contributed by atoms with Crippen LogP contribution < -0.4 is 5.32 Å². The molecule has 0 aromatic carbocycles. The van der Waals surface area contributed by atoms with Crippen molar-refractivity contribution in [1.29, 1.82) is 0 Å². The fourth-order valence-corrected chi connectivity index (χ4v) is 2.25. The molecule has 1 aliphatic heterocycles. The van der Waals surface area contributed by atoms with Crippen molar-refractivity contribution in [3.05, 3.63) is 0 Å². The van der Waals surface area contributed by atoms with E-state index in [1.54, 1.807) is 0 Å². The highest BCUT2D eigenvalue weighted by Gasteiger charge is 2.45. The van der Waals surface area contributed by atoms with E-state index in [1.807, 2.05) is 0 Å². The maximum absolute atomic E-state index is 11.8. The molecular weight excluding hydrogens is 190 g/mol. The van der Waals surface area contributed by atoms with Crippen molar-refractivity contribution in [1.82, 2.24) is 5.32 Å². The van der Waals surface area contributed by atoms with Gasteiger partial charge in [-0.1, -0.05) is 39.5 Å². The third-order valence-electron chi connectivity index (χ3n) is 3.25. The number of carbonyl (C=O) groups is 2. The van der Waals surface area contributed by atoms with Gasteiger partial charge >= 0.3 is 0 Å². The predicted octanol–water partition coefficient (Wildman–Crippen LogP) is 2.40. The Morgan fingerprint density at radius 2 is 1.67 bits per heavy atom. The zero-order chi connectivity index (χ0) is 11.3. The van der Waals surface area contributed by atoms with E-state index >= 15 is 0 Å². The van der Waals surface area contributed by atoms with Gasteiger partial charge in [0, 0.05) is 6.42 Å². The average Bonchev–Trinajstić information content (AvgIpc) is 2.48. The van der Waals surface area contributed by atoms with E-state index in [1.165, 1.54) is 0 Å². The lowest BCUT2D eigenvalue weighted by molar-refractivity contribution is -0.129. The predicted molar refractivity (Wildman–Crippen MR) is 59.2 cm³/mol. The zero-order valence-corrected chi connectivity index (χ0v) is 9.77. The fourth-order valence-electron chi connectivity index (χ4n) is 2.25. The van der Waals surface area contributed by atoms with Gasteiger partial charge in [-0.05, 0) is 12.8 Å². The molecule has 0 radical (unpaired) electrons. The highest BCUT2D eigenvalue weighted by Crippen LogP contribution is 2.38. The molecule has 0 aliphatic carbocycles. The first-order valence-electron chi connectivity index (χ1n) is 5.99. The molecule has 3 nitrogen and oxygen atoms in total. The van der Waals surface area contributed by atoms with Crippen LogP contribution in [0.2, 0.25) is 0 Å². The van der Waals surface area contributed by atoms with E-state index in [4.69, 9.17) is 0 Å². The number of carbonyl (C=O) groups excluding carboxylic acids is 2. The second-order valence-corrected chi connectivity index (χ2v) is 4.54. The molecule has 0 bridgehead atoms. The SMILES string of the molecule is CCCCC1(CCCC)CC(=O)NC1=O. The minimum atomic E-state index is -0.372. The Morgan fingerprint density at radius 3 is 2.00 bits per heavy atom. The first-order valence-corrected chi connectivity index (χ1v) is 5.99. The van der Waals surface area contributed by atoms with Gasteiger partial charge in [0.1, 0.15) is 0 Å². The topological polar surface area (TPSA) is 46.2 Å². The van der Waals surface area contributed by atoms with E-state index in [-0.39, 0.29) is 17.2 Å². The molecule has 0 aromatic rings. The fraction of sp³-hybridized carbons (Fsp3) is 0.833. The molecule has 15 heavy (non-hydrogen) atoms. The van der Waals surface area contributed by atoms with Crippen LogP contribution in [0.5, 0.6) is 0 Å². The molecule has 0 saturated carbocycles. The lowest BCUT2D eigenvalue weighted by Crippen LogP contribution is -2.31. The van der Waals surface area contributed by atoms with Gasteiger partial charge in [-0.2, -0.15) is 0 Å². The summed E-state index contributed by atoms with van der Waals surface area (Å²) in [4.78, 5) is 23.0. The summed E-state index contributed by atoms with van der Waals surface area (Å²) in [5.41, 5.74) is -0.372. The summed E-state index contributed by atoms with van der Waals surface area (Å²) in [6.07, 6.45) is 6.35. The molecule has 2 amide bonds. The average molecular weight is 211 g/mol. The maximum Gasteiger partial charge on any atom is 0.233 e. The monoisotopic (exact) mass is 211 g/mol. The second kappa shape index (κ2) is 5.29. The number of amides is 2. The number of hydrogen-bond acceptors (Lipinski definition) is 2. The van der Waals surface area contributed by atoms with Crippen molar-refractivity contribution in [2.75, 3.05) is 0 Å². The third kappa shape index (κ3) is 2.80. The van der Waals surface area contributed by atoms with Gasteiger partial charge in [-0.15, -0.1) is 0 Å². The van der Waals surface area contributed by atoms with Crippen molar-refractivity contribution in [2.24, 2.45) is 5.41 Å². The van der Waals surface area contributed by atoms with Gasteiger partial charge < -0.3 is 0 Å². The quantitative estimate of drug-likeness (QED) is 0.686. The molecule has 1 fully saturated rings. The summed E-state index contributed by atoms with van der Waals surface area (Å²) in [5.74, 6) is -0.124. The first kappa shape index (κ1) is 12.2. The number of hydrogen-bond donors (Lipinski definition) is 1. The minimum absolute atomic E-state index is 0.0330. The van der Waals surface area contributed by atoms with E-state index in [0.717, 1.165) is 38.5 Å². The van der Waals surface area contributed by atoms with Gasteiger partial charge in [0.05, 0.1) is 5.41 Å². The Morgan fingerprint density at radius 1 is 1.13 bits per heavy atom. The summed E-state index contributed by atoms with van der Waals surface area (Å²) < 4.78 is 0. The lowest BCUT2D eigenvalue weighted by atomic mass is 9.77. The van der Waals surface area contributed by atoms with Gasteiger partial charge in [-0.25, -0.2) is 0 Å². The Hall–Kier alpha value is -0.860. The summed E-state index contributed by atoms with van der Waals surface area (Å²) in [6, 6.07) is 0. The molecule has 0 unspecified atom stereocenters. The lowest BCUT2D eigenvalue weighted by Gasteiger charge is -2.24. The Bertz CT molecular complexity index is 240. The van der Waals surface area contributed by atoms with Crippen molar-refractivity contribution >= 4 is 11.8 Å². The smallest absolute Gasteiger partial charge is 0.233 e. The van der Waals surface area contributed by atoms with Gasteiger partial charge in [-0.3, -0.25) is 14.9 Å². The van der Waals surface area contributed by atoms with Crippen molar-refractivity contribution in [3.8, 4) is 0 Å². The normalized spacial score (nSPS) is 19.3. The molecule has 0 atom stereocenters. The maximum atomic E-state index is 11.8. The van der Waals surface area contributed by atoms with Crippen LogP contribution in [0.3, 0.4) is 0 Å². The highest BCUT2D eigenvalue weighted by atomic mass is 16.2. The van der Waals surface area contributed by atoms with Crippen LogP contribution >= 0.6 is 0 Å². The Labute approximate surface area is 91.6 Å². The molecular formula is C12H21NO2. The van der Waals surface area contributed by atoms with E-state index < -0.39 is 0 Å².